The summed E-state index contributed by atoms with van der Waals surface area (Å²) in [4.78, 5) is 15.4. The summed E-state index contributed by atoms with van der Waals surface area (Å²) in [7, 11) is 0. The molecule has 0 fully saturated rings. The summed E-state index contributed by atoms with van der Waals surface area (Å²) < 4.78 is 16.3. The van der Waals surface area contributed by atoms with Crippen molar-refractivity contribution in [2.45, 2.75) is 18.4 Å². The smallest absolute Gasteiger partial charge is 0.260 e. The topological polar surface area (TPSA) is 48.0 Å². The number of benzene rings is 2. The van der Waals surface area contributed by atoms with E-state index in [4.69, 9.17) is 14.2 Å². The molecule has 0 spiro atoms. The molecule has 6 heteroatoms. The Labute approximate surface area is 151 Å². The van der Waals surface area contributed by atoms with Crippen molar-refractivity contribution in [1.82, 2.24) is 4.90 Å². The molecule has 1 aliphatic heterocycles. The maximum absolute atomic E-state index is 12.4. The highest BCUT2D eigenvalue weighted by Crippen LogP contribution is 2.32. The molecule has 0 saturated carbocycles. The number of ether oxygens (including phenoxy) is 3. The molecule has 0 N–H and O–H groups in total. The normalized spacial score (nSPS) is 12.1. The Morgan fingerprint density at radius 2 is 1.92 bits per heavy atom. The third-order valence-corrected chi connectivity index (χ3v) is 4.71. The Bertz CT molecular complexity index is 733. The lowest BCUT2D eigenvalue weighted by Crippen LogP contribution is -2.34. The van der Waals surface area contributed by atoms with E-state index in [1.54, 1.807) is 16.7 Å². The molecule has 0 radical (unpaired) electrons. The molecule has 132 valence electrons. The predicted octanol–water partition coefficient (Wildman–Crippen LogP) is 3.56. The Kier molecular flexibility index (Phi) is 5.71. The van der Waals surface area contributed by atoms with Gasteiger partial charge in [-0.2, -0.15) is 0 Å². The van der Waals surface area contributed by atoms with Gasteiger partial charge in [0.2, 0.25) is 6.79 Å². The van der Waals surface area contributed by atoms with Crippen molar-refractivity contribution >= 4 is 17.7 Å². The number of hydrogen-bond donors (Lipinski definition) is 0. The lowest BCUT2D eigenvalue weighted by Gasteiger charge is -2.21. The largest absolute Gasteiger partial charge is 0.484 e. The molecule has 25 heavy (non-hydrogen) atoms. The molecule has 0 saturated heterocycles. The Hall–Kier alpha value is -2.34. The number of thioether (sulfide) groups is 1. The van der Waals surface area contributed by atoms with Crippen molar-refractivity contribution in [2.24, 2.45) is 0 Å². The van der Waals surface area contributed by atoms with Crippen LogP contribution in [0.4, 0.5) is 0 Å². The highest BCUT2D eigenvalue weighted by atomic mass is 32.2. The maximum atomic E-state index is 12.4. The highest BCUT2D eigenvalue weighted by molar-refractivity contribution is 7.98. The van der Waals surface area contributed by atoms with E-state index in [-0.39, 0.29) is 19.3 Å². The van der Waals surface area contributed by atoms with Gasteiger partial charge in [0.25, 0.3) is 5.91 Å². The molecule has 2 aromatic carbocycles. The SMILES string of the molecule is CCN(Cc1ccc2c(c1)OCO2)C(=O)COc1ccc(SC)cc1. The van der Waals surface area contributed by atoms with Crippen LogP contribution < -0.4 is 14.2 Å². The summed E-state index contributed by atoms with van der Waals surface area (Å²) in [5, 5.41) is 0. The summed E-state index contributed by atoms with van der Waals surface area (Å²) in [5.74, 6) is 2.13. The van der Waals surface area contributed by atoms with E-state index < -0.39 is 0 Å². The van der Waals surface area contributed by atoms with Gasteiger partial charge in [0.15, 0.2) is 18.1 Å². The molecule has 0 unspecified atom stereocenters. The minimum atomic E-state index is -0.0471. The quantitative estimate of drug-likeness (QED) is 0.708. The molecule has 1 amide bonds. The van der Waals surface area contributed by atoms with Gasteiger partial charge in [-0.15, -0.1) is 11.8 Å². The highest BCUT2D eigenvalue weighted by Gasteiger charge is 2.17. The Morgan fingerprint density at radius 3 is 2.64 bits per heavy atom. The van der Waals surface area contributed by atoms with Gasteiger partial charge < -0.3 is 19.1 Å². The van der Waals surface area contributed by atoms with Gasteiger partial charge in [0, 0.05) is 18.0 Å². The molecule has 5 nitrogen and oxygen atoms in total. The van der Waals surface area contributed by atoms with Gasteiger partial charge in [-0.1, -0.05) is 6.07 Å². The standard InChI is InChI=1S/C19H21NO4S/c1-3-20(11-14-4-9-17-18(10-14)24-13-23-17)19(21)12-22-15-5-7-16(25-2)8-6-15/h4-10H,3,11-13H2,1-2H3. The van der Waals surface area contributed by atoms with E-state index in [0.29, 0.717) is 18.8 Å². The van der Waals surface area contributed by atoms with Gasteiger partial charge in [-0.05, 0) is 55.1 Å². The van der Waals surface area contributed by atoms with Crippen LogP contribution in [0.3, 0.4) is 0 Å². The first-order valence-corrected chi connectivity index (χ1v) is 9.35. The second-order valence-corrected chi connectivity index (χ2v) is 6.44. The van der Waals surface area contributed by atoms with E-state index >= 15 is 0 Å². The Morgan fingerprint density at radius 1 is 1.16 bits per heavy atom. The van der Waals surface area contributed by atoms with Crippen molar-refractivity contribution in [3.8, 4) is 17.2 Å². The minimum absolute atomic E-state index is 0.0248. The molecule has 1 aliphatic rings. The molecule has 0 aromatic heterocycles. The fourth-order valence-electron chi connectivity index (χ4n) is 2.54. The lowest BCUT2D eigenvalue weighted by atomic mass is 10.2. The van der Waals surface area contributed by atoms with Crippen LogP contribution in [0.1, 0.15) is 12.5 Å². The van der Waals surface area contributed by atoms with E-state index in [1.165, 1.54) is 0 Å². The zero-order valence-corrected chi connectivity index (χ0v) is 15.2. The van der Waals surface area contributed by atoms with Crippen molar-refractivity contribution in [3.05, 3.63) is 48.0 Å². The predicted molar refractivity (Wildman–Crippen MR) is 97.4 cm³/mol. The first-order chi connectivity index (χ1) is 12.2. The van der Waals surface area contributed by atoms with Crippen molar-refractivity contribution in [1.29, 1.82) is 0 Å². The van der Waals surface area contributed by atoms with Crippen LogP contribution in [-0.2, 0) is 11.3 Å². The van der Waals surface area contributed by atoms with E-state index in [0.717, 1.165) is 22.0 Å². The number of carbonyl (C=O) groups is 1. The van der Waals surface area contributed by atoms with E-state index in [1.807, 2.05) is 55.6 Å². The van der Waals surface area contributed by atoms with Crippen LogP contribution in [0, 0.1) is 0 Å². The van der Waals surface area contributed by atoms with Gasteiger partial charge in [0.1, 0.15) is 5.75 Å². The number of likely N-dealkylation sites (N-methyl/N-ethyl adjacent to an activating group) is 1. The van der Waals surface area contributed by atoms with Crippen LogP contribution >= 0.6 is 11.8 Å². The number of carbonyl (C=O) groups excluding carboxylic acids is 1. The first kappa shape index (κ1) is 17.5. The molecular weight excluding hydrogens is 338 g/mol. The molecule has 2 aromatic rings. The van der Waals surface area contributed by atoms with Crippen LogP contribution in [0.25, 0.3) is 0 Å². The minimum Gasteiger partial charge on any atom is -0.484 e. The number of nitrogens with zero attached hydrogens (tertiary/aromatic N) is 1. The number of amides is 1. The Balaban J connectivity index is 1.57. The van der Waals surface area contributed by atoms with E-state index in [2.05, 4.69) is 0 Å². The molecule has 0 bridgehead atoms. The van der Waals surface area contributed by atoms with Gasteiger partial charge in [-0.3, -0.25) is 4.79 Å². The number of fused-ring (bicyclic) bond motifs is 1. The molecule has 0 aliphatic carbocycles. The second-order valence-electron chi connectivity index (χ2n) is 5.56. The van der Waals surface area contributed by atoms with E-state index in [9.17, 15) is 4.79 Å². The molecular formula is C19H21NO4S. The summed E-state index contributed by atoms with van der Waals surface area (Å²) in [6.07, 6.45) is 2.02. The van der Waals surface area contributed by atoms with Crippen LogP contribution in [0.15, 0.2) is 47.4 Å². The zero-order chi connectivity index (χ0) is 17.6. The fraction of sp³-hybridized carbons (Fsp3) is 0.316. The van der Waals surface area contributed by atoms with Crippen LogP contribution in [0.2, 0.25) is 0 Å². The third-order valence-electron chi connectivity index (χ3n) is 3.97. The lowest BCUT2D eigenvalue weighted by molar-refractivity contribution is -0.133. The van der Waals surface area contributed by atoms with Crippen molar-refractivity contribution in [2.75, 3.05) is 26.2 Å². The third kappa shape index (κ3) is 4.39. The van der Waals surface area contributed by atoms with Gasteiger partial charge in [-0.25, -0.2) is 0 Å². The number of hydrogen-bond acceptors (Lipinski definition) is 5. The summed E-state index contributed by atoms with van der Waals surface area (Å²) in [6, 6.07) is 13.5. The average Bonchev–Trinajstić information content (AvgIpc) is 3.12. The van der Waals surface area contributed by atoms with Crippen molar-refractivity contribution < 1.29 is 19.0 Å². The van der Waals surface area contributed by atoms with Gasteiger partial charge in [0.05, 0.1) is 0 Å². The molecule has 1 heterocycles. The van der Waals surface area contributed by atoms with Gasteiger partial charge >= 0.3 is 0 Å². The average molecular weight is 359 g/mol. The maximum Gasteiger partial charge on any atom is 0.260 e. The van der Waals surface area contributed by atoms with Crippen LogP contribution in [-0.4, -0.2) is 37.0 Å². The zero-order valence-electron chi connectivity index (χ0n) is 14.4. The molecule has 3 rings (SSSR count). The molecule has 0 atom stereocenters. The van der Waals surface area contributed by atoms with Crippen molar-refractivity contribution in [3.63, 3.8) is 0 Å². The summed E-state index contributed by atoms with van der Waals surface area (Å²) in [6.45, 7) is 3.36. The van der Waals surface area contributed by atoms with Crippen LogP contribution in [0.5, 0.6) is 17.2 Å². The fourth-order valence-corrected chi connectivity index (χ4v) is 2.95. The summed E-state index contributed by atoms with van der Waals surface area (Å²) in [5.41, 5.74) is 1.00. The first-order valence-electron chi connectivity index (χ1n) is 8.12. The number of rotatable bonds is 7. The summed E-state index contributed by atoms with van der Waals surface area (Å²) >= 11 is 1.67. The monoisotopic (exact) mass is 359 g/mol. The second kappa shape index (κ2) is 8.16.